The molecule has 0 aliphatic heterocycles. The number of hydrogen-bond donors (Lipinski definition) is 1. The average molecular weight is 396 g/mol. The lowest BCUT2D eigenvalue weighted by molar-refractivity contribution is -0.0123. The second-order valence-electron chi connectivity index (χ2n) is 6.77. The lowest BCUT2D eigenvalue weighted by atomic mass is 9.79. The summed E-state index contributed by atoms with van der Waals surface area (Å²) in [6.45, 7) is 1.65. The van der Waals surface area contributed by atoms with Gasteiger partial charge in [-0.2, -0.15) is 5.10 Å². The van der Waals surface area contributed by atoms with Crippen LogP contribution in [0.2, 0.25) is 0 Å². The quantitative estimate of drug-likeness (QED) is 0.542. The Morgan fingerprint density at radius 1 is 1.14 bits per heavy atom. The van der Waals surface area contributed by atoms with Crippen LogP contribution in [0.1, 0.15) is 24.1 Å². The van der Waals surface area contributed by atoms with Gasteiger partial charge in [0.1, 0.15) is 29.9 Å². The second-order valence-corrected chi connectivity index (χ2v) is 6.77. The largest absolute Gasteiger partial charge is 0.382 e. The molecule has 29 heavy (non-hydrogen) atoms. The molecular formula is C20H18F2N6O. The molecule has 1 unspecified atom stereocenters. The summed E-state index contributed by atoms with van der Waals surface area (Å²) in [5, 5.41) is 15.6. The normalized spacial score (nSPS) is 14.5. The van der Waals surface area contributed by atoms with Crippen molar-refractivity contribution < 1.29 is 13.9 Å². The summed E-state index contributed by atoms with van der Waals surface area (Å²) in [5.41, 5.74) is -0.441. The molecule has 0 aliphatic carbocycles. The molecule has 7 nitrogen and oxygen atoms in total. The highest BCUT2D eigenvalue weighted by Crippen LogP contribution is 2.39. The fourth-order valence-corrected chi connectivity index (χ4v) is 3.32. The molecule has 0 bridgehead atoms. The first-order chi connectivity index (χ1) is 14.0. The van der Waals surface area contributed by atoms with E-state index in [9.17, 15) is 13.9 Å². The molecule has 1 aromatic carbocycles. The van der Waals surface area contributed by atoms with Gasteiger partial charge in [0.15, 0.2) is 0 Å². The van der Waals surface area contributed by atoms with Crippen LogP contribution in [-0.4, -0.2) is 34.4 Å². The number of nitrogens with zero attached hydrogens (tertiary/aromatic N) is 6. The molecule has 3 aromatic heterocycles. The van der Waals surface area contributed by atoms with Crippen LogP contribution in [0.15, 0.2) is 67.9 Å². The van der Waals surface area contributed by atoms with E-state index >= 15 is 0 Å². The van der Waals surface area contributed by atoms with Gasteiger partial charge in [0.05, 0.1) is 24.8 Å². The van der Waals surface area contributed by atoms with E-state index in [1.807, 2.05) is 6.07 Å². The third-order valence-corrected chi connectivity index (χ3v) is 5.00. The molecule has 4 rings (SSSR count). The third kappa shape index (κ3) is 3.64. The Bertz CT molecular complexity index is 1080. The van der Waals surface area contributed by atoms with Crippen molar-refractivity contribution >= 4 is 0 Å². The Labute approximate surface area is 165 Å². The minimum Gasteiger partial charge on any atom is -0.382 e. The number of pyridine rings is 1. The van der Waals surface area contributed by atoms with E-state index in [2.05, 4.69) is 20.1 Å². The molecule has 9 heteroatoms. The minimum absolute atomic E-state index is 0.0395. The van der Waals surface area contributed by atoms with E-state index < -0.39 is 23.2 Å². The third-order valence-electron chi connectivity index (χ3n) is 5.00. The predicted octanol–water partition coefficient (Wildman–Crippen LogP) is 2.83. The smallest absolute Gasteiger partial charge is 0.137 e. The molecule has 2 atom stereocenters. The van der Waals surface area contributed by atoms with Gasteiger partial charge >= 0.3 is 0 Å². The molecule has 0 radical (unpaired) electrons. The Morgan fingerprint density at radius 2 is 2.00 bits per heavy atom. The first kappa shape index (κ1) is 18.9. The molecule has 0 amide bonds. The van der Waals surface area contributed by atoms with Gasteiger partial charge in [-0.3, -0.25) is 4.98 Å². The number of benzene rings is 1. The summed E-state index contributed by atoms with van der Waals surface area (Å²) >= 11 is 0. The van der Waals surface area contributed by atoms with Crippen molar-refractivity contribution in [1.82, 2.24) is 29.3 Å². The monoisotopic (exact) mass is 396 g/mol. The molecule has 0 saturated heterocycles. The average Bonchev–Trinajstić information content (AvgIpc) is 3.41. The van der Waals surface area contributed by atoms with Gasteiger partial charge in [-0.25, -0.2) is 23.4 Å². The number of rotatable bonds is 6. The van der Waals surface area contributed by atoms with Gasteiger partial charge in [0.25, 0.3) is 0 Å². The Hall–Kier alpha value is -3.46. The maximum Gasteiger partial charge on any atom is 0.137 e. The molecule has 0 saturated carbocycles. The fourth-order valence-electron chi connectivity index (χ4n) is 3.32. The summed E-state index contributed by atoms with van der Waals surface area (Å²) in [4.78, 5) is 12.3. The van der Waals surface area contributed by atoms with Crippen molar-refractivity contribution in [3.63, 3.8) is 0 Å². The molecule has 0 aliphatic rings. The zero-order valence-electron chi connectivity index (χ0n) is 15.5. The zero-order chi connectivity index (χ0) is 20.4. The molecule has 148 valence electrons. The van der Waals surface area contributed by atoms with Gasteiger partial charge in [-0.1, -0.05) is 13.0 Å². The lowest BCUT2D eigenvalue weighted by Crippen LogP contribution is -2.38. The molecule has 0 spiro atoms. The number of halogens is 2. The topological polar surface area (TPSA) is 81.6 Å². The van der Waals surface area contributed by atoms with E-state index in [1.54, 1.807) is 42.5 Å². The molecule has 1 N–H and O–H groups in total. The van der Waals surface area contributed by atoms with E-state index in [1.165, 1.54) is 23.4 Å². The highest BCUT2D eigenvalue weighted by molar-refractivity contribution is 5.34. The van der Waals surface area contributed by atoms with E-state index in [4.69, 9.17) is 0 Å². The van der Waals surface area contributed by atoms with Crippen molar-refractivity contribution in [3.05, 3.63) is 90.8 Å². The lowest BCUT2D eigenvalue weighted by Gasteiger charge is -2.34. The van der Waals surface area contributed by atoms with Gasteiger partial charge in [0, 0.05) is 35.6 Å². The summed E-state index contributed by atoms with van der Waals surface area (Å²) in [6.07, 6.45) is 9.48. The van der Waals surface area contributed by atoms with Crippen molar-refractivity contribution in [1.29, 1.82) is 0 Å². The van der Waals surface area contributed by atoms with Gasteiger partial charge in [-0.15, -0.1) is 0 Å². The van der Waals surface area contributed by atoms with Crippen LogP contribution in [0.4, 0.5) is 8.78 Å². The van der Waals surface area contributed by atoms with Crippen LogP contribution in [0.25, 0.3) is 5.69 Å². The van der Waals surface area contributed by atoms with Crippen LogP contribution in [-0.2, 0) is 12.1 Å². The highest BCUT2D eigenvalue weighted by atomic mass is 19.1. The number of aliphatic hydroxyl groups is 1. The second kappa shape index (κ2) is 7.51. The first-order valence-electron chi connectivity index (χ1n) is 8.92. The Morgan fingerprint density at radius 3 is 2.62 bits per heavy atom. The summed E-state index contributed by atoms with van der Waals surface area (Å²) in [6, 6.07) is 6.71. The zero-order valence-corrected chi connectivity index (χ0v) is 15.5. The van der Waals surface area contributed by atoms with Crippen molar-refractivity contribution in [2.75, 3.05) is 0 Å². The van der Waals surface area contributed by atoms with E-state index in [0.717, 1.165) is 17.8 Å². The number of hydrogen-bond acceptors (Lipinski definition) is 5. The Balaban J connectivity index is 1.74. The molecular weight excluding hydrogens is 378 g/mol. The van der Waals surface area contributed by atoms with Crippen molar-refractivity contribution in [2.45, 2.75) is 25.0 Å². The van der Waals surface area contributed by atoms with Crippen LogP contribution >= 0.6 is 0 Å². The maximum absolute atomic E-state index is 14.6. The molecule has 0 fully saturated rings. The summed E-state index contributed by atoms with van der Waals surface area (Å²) in [7, 11) is 0. The van der Waals surface area contributed by atoms with Crippen LogP contribution in [0, 0.1) is 11.6 Å². The number of aromatic nitrogens is 6. The molecule has 4 aromatic rings. The SMILES string of the molecule is CC(c1ccc(-n2ccnc2)cn1)[C@](O)(Cn1cncn1)c1ccc(F)cc1F. The van der Waals surface area contributed by atoms with E-state index in [0.29, 0.717) is 5.69 Å². The highest BCUT2D eigenvalue weighted by Gasteiger charge is 2.40. The van der Waals surface area contributed by atoms with Gasteiger partial charge < -0.3 is 9.67 Å². The van der Waals surface area contributed by atoms with Crippen molar-refractivity contribution in [3.8, 4) is 5.69 Å². The fraction of sp³-hybridized carbons (Fsp3) is 0.200. The van der Waals surface area contributed by atoms with Crippen molar-refractivity contribution in [2.24, 2.45) is 0 Å². The number of imidazole rings is 1. The predicted molar refractivity (Wildman–Crippen MR) is 100 cm³/mol. The molecule has 3 heterocycles. The van der Waals surface area contributed by atoms with Gasteiger partial charge in [-0.05, 0) is 18.2 Å². The maximum atomic E-state index is 14.6. The van der Waals surface area contributed by atoms with Crippen LogP contribution in [0.3, 0.4) is 0 Å². The Kier molecular flexibility index (Phi) is 4.89. The standard InChI is InChI=1S/C20H18F2N6O/c1-14(19-5-3-16(9-25-19)27-7-6-23-12-27)20(29,10-28-13-24-11-26-28)17-4-2-15(21)8-18(17)22/h2-9,11-14,29H,10H2,1H3/t14?,20-/m1/s1. The minimum atomic E-state index is -1.74. The summed E-state index contributed by atoms with van der Waals surface area (Å²) < 4.78 is 31.3. The van der Waals surface area contributed by atoms with Gasteiger partial charge in [0.2, 0.25) is 0 Å². The summed E-state index contributed by atoms with van der Waals surface area (Å²) in [5.74, 6) is -2.19. The first-order valence-corrected chi connectivity index (χ1v) is 8.92. The van der Waals surface area contributed by atoms with Crippen LogP contribution < -0.4 is 0 Å². The van der Waals surface area contributed by atoms with Crippen LogP contribution in [0.5, 0.6) is 0 Å². The van der Waals surface area contributed by atoms with E-state index in [-0.39, 0.29) is 12.1 Å².